The highest BCUT2D eigenvalue weighted by molar-refractivity contribution is 7.91. The second kappa shape index (κ2) is 7.35. The van der Waals surface area contributed by atoms with Gasteiger partial charge in [0.1, 0.15) is 0 Å². The zero-order chi connectivity index (χ0) is 15.2. The number of nitro groups is 1. The second-order valence-corrected chi connectivity index (χ2v) is 6.86. The maximum absolute atomic E-state index is 12.0. The van der Waals surface area contributed by atoms with E-state index in [0.717, 1.165) is 12.8 Å². The zero-order valence-electron chi connectivity index (χ0n) is 11.7. The Morgan fingerprint density at radius 2 is 1.85 bits per heavy atom. The molecular formula is C13H20N2O4S. The van der Waals surface area contributed by atoms with E-state index >= 15 is 0 Å². The lowest BCUT2D eigenvalue weighted by Gasteiger charge is -2.09. The number of hydrogen-bond acceptors (Lipinski definition) is 5. The van der Waals surface area contributed by atoms with Crippen LogP contribution in [0.15, 0.2) is 29.2 Å². The van der Waals surface area contributed by atoms with Crippen LogP contribution >= 0.6 is 0 Å². The molecule has 0 aromatic heterocycles. The predicted octanol–water partition coefficient (Wildman–Crippen LogP) is 2.15. The van der Waals surface area contributed by atoms with E-state index in [9.17, 15) is 18.5 Å². The average molecular weight is 300 g/mol. The summed E-state index contributed by atoms with van der Waals surface area (Å²) >= 11 is 0. The highest BCUT2D eigenvalue weighted by atomic mass is 32.2. The molecule has 6 nitrogen and oxygen atoms in total. The van der Waals surface area contributed by atoms with Gasteiger partial charge in [-0.05, 0) is 38.9 Å². The molecular weight excluding hydrogens is 280 g/mol. The molecule has 112 valence electrons. The van der Waals surface area contributed by atoms with Crippen LogP contribution in [0.4, 0.5) is 5.69 Å². The van der Waals surface area contributed by atoms with Crippen LogP contribution in [0.2, 0.25) is 0 Å². The summed E-state index contributed by atoms with van der Waals surface area (Å²) in [6, 6.07) is 5.40. The van der Waals surface area contributed by atoms with Crippen molar-refractivity contribution < 1.29 is 13.3 Å². The molecule has 0 aliphatic carbocycles. The molecule has 7 heteroatoms. The summed E-state index contributed by atoms with van der Waals surface area (Å²) in [5.74, 6) is 0.0707. The molecule has 0 bridgehead atoms. The lowest BCUT2D eigenvalue weighted by atomic mass is 10.1. The SMILES string of the molecule is CNC(C)CCCCS(=O)(=O)c1ccc([N+](=O)[O-])cc1. The van der Waals surface area contributed by atoms with Crippen LogP contribution in [0.1, 0.15) is 26.2 Å². The molecule has 0 saturated carbocycles. The van der Waals surface area contributed by atoms with Crippen molar-refractivity contribution in [3.8, 4) is 0 Å². The van der Waals surface area contributed by atoms with Gasteiger partial charge in [0, 0.05) is 18.2 Å². The van der Waals surface area contributed by atoms with E-state index < -0.39 is 14.8 Å². The van der Waals surface area contributed by atoms with E-state index in [-0.39, 0.29) is 16.3 Å². The third kappa shape index (κ3) is 4.90. The van der Waals surface area contributed by atoms with Gasteiger partial charge >= 0.3 is 0 Å². The first-order valence-electron chi connectivity index (χ1n) is 6.51. The summed E-state index contributed by atoms with van der Waals surface area (Å²) in [4.78, 5) is 10.1. The lowest BCUT2D eigenvalue weighted by Crippen LogP contribution is -2.21. The van der Waals surface area contributed by atoms with Gasteiger partial charge in [-0.1, -0.05) is 6.42 Å². The Labute approximate surface area is 119 Å². The minimum atomic E-state index is -3.35. The minimum absolute atomic E-state index is 0.0707. The van der Waals surface area contributed by atoms with Crippen molar-refractivity contribution in [1.82, 2.24) is 5.32 Å². The molecule has 0 amide bonds. The quantitative estimate of drug-likeness (QED) is 0.451. The van der Waals surface area contributed by atoms with Gasteiger partial charge in [0.2, 0.25) is 0 Å². The van der Waals surface area contributed by atoms with E-state index in [1.807, 2.05) is 14.0 Å². The first kappa shape index (κ1) is 16.6. The van der Waals surface area contributed by atoms with Crippen LogP contribution < -0.4 is 5.32 Å². The smallest absolute Gasteiger partial charge is 0.269 e. The Bertz CT molecular complexity index is 540. The molecule has 1 aromatic rings. The number of sulfone groups is 1. The minimum Gasteiger partial charge on any atom is -0.317 e. The van der Waals surface area contributed by atoms with E-state index in [2.05, 4.69) is 5.32 Å². The molecule has 0 spiro atoms. The van der Waals surface area contributed by atoms with E-state index in [1.54, 1.807) is 0 Å². The number of benzene rings is 1. The first-order chi connectivity index (χ1) is 9.36. The van der Waals surface area contributed by atoms with Gasteiger partial charge in [-0.2, -0.15) is 0 Å². The number of non-ortho nitro benzene ring substituents is 1. The van der Waals surface area contributed by atoms with Crippen molar-refractivity contribution in [2.45, 2.75) is 37.1 Å². The Hall–Kier alpha value is -1.47. The molecule has 1 N–H and O–H groups in total. The molecule has 1 atom stereocenters. The summed E-state index contributed by atoms with van der Waals surface area (Å²) in [6.45, 7) is 2.05. The zero-order valence-corrected chi connectivity index (χ0v) is 12.5. The molecule has 0 radical (unpaired) electrons. The maximum atomic E-state index is 12.0. The predicted molar refractivity (Wildman–Crippen MR) is 77.5 cm³/mol. The molecule has 0 fully saturated rings. The molecule has 0 saturated heterocycles. The second-order valence-electron chi connectivity index (χ2n) is 4.76. The van der Waals surface area contributed by atoms with Gasteiger partial charge in [-0.3, -0.25) is 10.1 Å². The van der Waals surface area contributed by atoms with Crippen LogP contribution in [-0.2, 0) is 9.84 Å². The van der Waals surface area contributed by atoms with Crippen molar-refractivity contribution in [2.75, 3.05) is 12.8 Å². The van der Waals surface area contributed by atoms with Gasteiger partial charge in [0.25, 0.3) is 5.69 Å². The number of hydrogen-bond donors (Lipinski definition) is 1. The summed E-state index contributed by atoms with van der Waals surface area (Å²) < 4.78 is 24.1. The average Bonchev–Trinajstić information content (AvgIpc) is 2.43. The first-order valence-corrected chi connectivity index (χ1v) is 8.16. The van der Waals surface area contributed by atoms with E-state index in [1.165, 1.54) is 24.3 Å². The Kier molecular flexibility index (Phi) is 6.09. The van der Waals surface area contributed by atoms with Gasteiger partial charge in [-0.15, -0.1) is 0 Å². The van der Waals surface area contributed by atoms with Crippen LogP contribution in [0.3, 0.4) is 0 Å². The highest BCUT2D eigenvalue weighted by Crippen LogP contribution is 2.18. The Morgan fingerprint density at radius 3 is 2.35 bits per heavy atom. The van der Waals surface area contributed by atoms with Gasteiger partial charge < -0.3 is 5.32 Å². The summed E-state index contributed by atoms with van der Waals surface area (Å²) in [5.41, 5.74) is -0.105. The van der Waals surface area contributed by atoms with Crippen molar-refractivity contribution in [3.05, 3.63) is 34.4 Å². The van der Waals surface area contributed by atoms with Crippen molar-refractivity contribution >= 4 is 15.5 Å². The Balaban J connectivity index is 2.58. The summed E-state index contributed by atoms with van der Waals surface area (Å²) in [5, 5.41) is 13.6. The number of nitrogens with one attached hydrogen (secondary N) is 1. The standard InChI is InChI=1S/C13H20N2O4S/c1-11(14-2)5-3-4-10-20(18,19)13-8-6-12(7-9-13)15(16)17/h6-9,11,14H,3-5,10H2,1-2H3. The lowest BCUT2D eigenvalue weighted by molar-refractivity contribution is -0.384. The van der Waals surface area contributed by atoms with Crippen LogP contribution in [0, 0.1) is 10.1 Å². The topological polar surface area (TPSA) is 89.3 Å². The van der Waals surface area contributed by atoms with E-state index in [0.29, 0.717) is 12.5 Å². The van der Waals surface area contributed by atoms with Crippen LogP contribution in [0.5, 0.6) is 0 Å². The number of nitrogens with zero attached hydrogens (tertiary/aromatic N) is 1. The molecule has 1 unspecified atom stereocenters. The Morgan fingerprint density at radius 1 is 1.25 bits per heavy atom. The molecule has 1 rings (SSSR count). The molecule has 0 heterocycles. The van der Waals surface area contributed by atoms with Crippen LogP contribution in [-0.4, -0.2) is 32.2 Å². The fourth-order valence-corrected chi connectivity index (χ4v) is 3.15. The number of nitro benzene ring substituents is 1. The normalized spacial score (nSPS) is 13.1. The fourth-order valence-electron chi connectivity index (χ4n) is 1.78. The molecule has 0 aliphatic heterocycles. The van der Waals surface area contributed by atoms with Gasteiger partial charge in [0.05, 0.1) is 15.6 Å². The highest BCUT2D eigenvalue weighted by Gasteiger charge is 2.15. The third-order valence-electron chi connectivity index (χ3n) is 3.20. The number of unbranched alkanes of at least 4 members (excludes halogenated alkanes) is 1. The van der Waals surface area contributed by atoms with Gasteiger partial charge in [0.15, 0.2) is 9.84 Å². The van der Waals surface area contributed by atoms with Crippen LogP contribution in [0.25, 0.3) is 0 Å². The van der Waals surface area contributed by atoms with Crippen molar-refractivity contribution in [1.29, 1.82) is 0 Å². The number of rotatable bonds is 8. The largest absolute Gasteiger partial charge is 0.317 e. The monoisotopic (exact) mass is 300 g/mol. The van der Waals surface area contributed by atoms with E-state index in [4.69, 9.17) is 0 Å². The van der Waals surface area contributed by atoms with Crippen molar-refractivity contribution in [3.63, 3.8) is 0 Å². The summed E-state index contributed by atoms with van der Waals surface area (Å²) in [7, 11) is -1.48. The summed E-state index contributed by atoms with van der Waals surface area (Å²) in [6.07, 6.45) is 2.34. The third-order valence-corrected chi connectivity index (χ3v) is 5.02. The molecule has 20 heavy (non-hydrogen) atoms. The van der Waals surface area contributed by atoms with Crippen molar-refractivity contribution in [2.24, 2.45) is 0 Å². The van der Waals surface area contributed by atoms with Gasteiger partial charge in [-0.25, -0.2) is 8.42 Å². The maximum Gasteiger partial charge on any atom is 0.269 e. The molecule has 1 aromatic carbocycles. The molecule has 0 aliphatic rings. The fraction of sp³-hybridized carbons (Fsp3) is 0.538.